The first kappa shape index (κ1) is 25.5. The van der Waals surface area contributed by atoms with Crippen LogP contribution in [0.1, 0.15) is 50.8 Å². The Morgan fingerprint density at radius 1 is 1.14 bits per heavy atom. The zero-order chi connectivity index (χ0) is 25.8. The number of rotatable bonds is 7. The second-order valence-corrected chi connectivity index (χ2v) is 7.56. The van der Waals surface area contributed by atoms with Gasteiger partial charge in [-0.2, -0.15) is 15.5 Å². The highest BCUT2D eigenvalue weighted by atomic mass is 16.2. The minimum Gasteiger partial charge on any atom is -0.366 e. The molecule has 2 aromatic heterocycles. The molecular formula is C27H25N7O2. The summed E-state index contributed by atoms with van der Waals surface area (Å²) in [6.07, 6.45) is 8.77. The number of primary amides is 1. The first-order valence-electron chi connectivity index (χ1n) is 11.1. The van der Waals surface area contributed by atoms with Crippen molar-refractivity contribution >= 4 is 11.8 Å². The summed E-state index contributed by atoms with van der Waals surface area (Å²) >= 11 is 0. The summed E-state index contributed by atoms with van der Waals surface area (Å²) in [4.78, 5) is 23.9. The van der Waals surface area contributed by atoms with Crippen LogP contribution in [-0.4, -0.2) is 38.3 Å². The van der Waals surface area contributed by atoms with Gasteiger partial charge in [0.05, 0.1) is 23.5 Å². The predicted octanol–water partition coefficient (Wildman–Crippen LogP) is 2.99. The summed E-state index contributed by atoms with van der Waals surface area (Å²) in [5, 5.41) is 21.3. The van der Waals surface area contributed by atoms with Crippen molar-refractivity contribution in [3.05, 3.63) is 101 Å². The van der Waals surface area contributed by atoms with Crippen LogP contribution in [0, 0.1) is 23.2 Å². The Hall–Kier alpha value is -5.15. The van der Waals surface area contributed by atoms with E-state index in [2.05, 4.69) is 32.5 Å². The van der Waals surface area contributed by atoms with Gasteiger partial charge in [0.25, 0.3) is 5.91 Å². The Morgan fingerprint density at radius 2 is 1.89 bits per heavy atom. The number of amides is 2. The van der Waals surface area contributed by atoms with Gasteiger partial charge in [0.1, 0.15) is 0 Å². The number of nitrogens with zero attached hydrogens (tertiary/aromatic N) is 4. The van der Waals surface area contributed by atoms with Crippen molar-refractivity contribution < 1.29 is 9.59 Å². The molecule has 2 heterocycles. The molecule has 180 valence electrons. The van der Waals surface area contributed by atoms with Gasteiger partial charge in [-0.25, -0.2) is 4.68 Å². The fourth-order valence-electron chi connectivity index (χ4n) is 3.26. The molecule has 0 aliphatic carbocycles. The molecule has 4 aromatic rings. The Morgan fingerprint density at radius 3 is 2.53 bits per heavy atom. The molecule has 4 N–H and O–H groups in total. The zero-order valence-electron chi connectivity index (χ0n) is 19.7. The molecule has 0 unspecified atom stereocenters. The topological polar surface area (TPSA) is 142 Å². The molecule has 0 aliphatic heterocycles. The normalized spacial score (nSPS) is 9.67. The van der Waals surface area contributed by atoms with E-state index in [9.17, 15) is 9.59 Å². The van der Waals surface area contributed by atoms with Crippen LogP contribution in [0.2, 0.25) is 0 Å². The maximum absolute atomic E-state index is 12.7. The quantitative estimate of drug-likeness (QED) is 0.276. The third-order valence-corrected chi connectivity index (χ3v) is 5.00. The van der Waals surface area contributed by atoms with Crippen LogP contribution in [0.5, 0.6) is 0 Å². The number of aromatic amines is 1. The maximum Gasteiger partial charge on any atom is 0.251 e. The molecule has 0 bridgehead atoms. The van der Waals surface area contributed by atoms with Crippen molar-refractivity contribution in [1.29, 1.82) is 5.26 Å². The summed E-state index contributed by atoms with van der Waals surface area (Å²) < 4.78 is 1.70. The first-order chi connectivity index (χ1) is 17.5. The predicted molar refractivity (Wildman–Crippen MR) is 135 cm³/mol. The largest absolute Gasteiger partial charge is 0.366 e. The Kier molecular flexibility index (Phi) is 9.14. The molecule has 0 atom stereocenters. The smallest absolute Gasteiger partial charge is 0.251 e. The van der Waals surface area contributed by atoms with E-state index >= 15 is 0 Å². The number of H-pyrrole nitrogens is 1. The summed E-state index contributed by atoms with van der Waals surface area (Å²) in [5.41, 5.74) is 9.47. The average Bonchev–Trinajstić information content (AvgIpc) is 3.61. The highest BCUT2D eigenvalue weighted by Gasteiger charge is 2.10. The highest BCUT2D eigenvalue weighted by molar-refractivity contribution is 5.95. The number of carbonyl (C=O) groups excluding carboxylic acids is 2. The van der Waals surface area contributed by atoms with Gasteiger partial charge in [-0.3, -0.25) is 14.7 Å². The number of aryl methyl sites for hydroxylation is 1. The SMILES string of the molecule is CC#N.NC(=O)c1ccc(C#Cc2cc(C(=O)NCCCc3cn[nH]c3)ccc2-n2cccn2)cc1. The highest BCUT2D eigenvalue weighted by Crippen LogP contribution is 2.16. The molecule has 0 fully saturated rings. The van der Waals surface area contributed by atoms with Crippen molar-refractivity contribution in [2.45, 2.75) is 19.8 Å². The van der Waals surface area contributed by atoms with Crippen molar-refractivity contribution in [2.24, 2.45) is 5.73 Å². The second kappa shape index (κ2) is 12.9. The number of nitriles is 1. The van der Waals surface area contributed by atoms with Crippen molar-refractivity contribution in [1.82, 2.24) is 25.3 Å². The van der Waals surface area contributed by atoms with E-state index in [1.165, 1.54) is 6.92 Å². The fraction of sp³-hybridized carbons (Fsp3) is 0.148. The summed E-state index contributed by atoms with van der Waals surface area (Å²) in [6.45, 7) is 1.98. The van der Waals surface area contributed by atoms with Gasteiger partial charge in [0.15, 0.2) is 0 Å². The van der Waals surface area contributed by atoms with E-state index in [-0.39, 0.29) is 5.91 Å². The van der Waals surface area contributed by atoms with Gasteiger partial charge in [-0.05, 0) is 66.9 Å². The molecule has 2 amide bonds. The van der Waals surface area contributed by atoms with Crippen molar-refractivity contribution in [3.63, 3.8) is 0 Å². The Bertz CT molecular complexity index is 1390. The van der Waals surface area contributed by atoms with E-state index in [4.69, 9.17) is 11.0 Å². The van der Waals surface area contributed by atoms with Crippen LogP contribution in [0.25, 0.3) is 5.69 Å². The van der Waals surface area contributed by atoms with Crippen LogP contribution in [0.3, 0.4) is 0 Å². The molecule has 0 saturated carbocycles. The number of nitrogens with one attached hydrogen (secondary N) is 2. The number of hydrogen-bond acceptors (Lipinski definition) is 5. The molecule has 9 nitrogen and oxygen atoms in total. The van der Waals surface area contributed by atoms with Gasteiger partial charge >= 0.3 is 0 Å². The number of hydrogen-bond donors (Lipinski definition) is 3. The van der Waals surface area contributed by atoms with E-state index in [1.54, 1.807) is 59.5 Å². The minimum atomic E-state index is -0.487. The van der Waals surface area contributed by atoms with Crippen molar-refractivity contribution in [2.75, 3.05) is 6.54 Å². The van der Waals surface area contributed by atoms with Gasteiger partial charge in [-0.1, -0.05) is 11.8 Å². The molecule has 9 heteroatoms. The summed E-state index contributed by atoms with van der Waals surface area (Å²) in [7, 11) is 0. The molecular weight excluding hydrogens is 454 g/mol. The lowest BCUT2D eigenvalue weighted by Gasteiger charge is -2.09. The van der Waals surface area contributed by atoms with E-state index < -0.39 is 5.91 Å². The summed E-state index contributed by atoms with van der Waals surface area (Å²) in [5.74, 6) is 5.56. The van der Waals surface area contributed by atoms with E-state index in [0.29, 0.717) is 23.2 Å². The lowest BCUT2D eigenvalue weighted by molar-refractivity contribution is 0.0951. The van der Waals surface area contributed by atoms with Gasteiger partial charge in [0.2, 0.25) is 5.91 Å². The summed E-state index contributed by atoms with van der Waals surface area (Å²) in [6, 6.07) is 15.6. The lowest BCUT2D eigenvalue weighted by Crippen LogP contribution is -2.25. The van der Waals surface area contributed by atoms with E-state index in [1.807, 2.05) is 24.5 Å². The van der Waals surface area contributed by atoms with Crippen LogP contribution in [0.15, 0.2) is 73.3 Å². The number of benzene rings is 2. The Labute approximate surface area is 209 Å². The monoisotopic (exact) mass is 479 g/mol. The fourth-order valence-corrected chi connectivity index (χ4v) is 3.26. The molecule has 0 radical (unpaired) electrons. The van der Waals surface area contributed by atoms with E-state index in [0.717, 1.165) is 29.7 Å². The average molecular weight is 480 g/mol. The van der Waals surface area contributed by atoms with Crippen LogP contribution >= 0.6 is 0 Å². The first-order valence-corrected chi connectivity index (χ1v) is 11.1. The van der Waals surface area contributed by atoms with Gasteiger partial charge < -0.3 is 11.1 Å². The van der Waals surface area contributed by atoms with Gasteiger partial charge in [0, 0.05) is 48.7 Å². The standard InChI is InChI=1S/C25H22N6O2.C2H3N/c26-24(32)20-7-4-18(5-8-20)6-9-21-15-22(10-11-23(21)31-14-2-13-30-31)25(33)27-12-1-3-19-16-28-29-17-19;1-2-3/h2,4-5,7-8,10-11,13-17H,1,3,12H2,(H2,26,32)(H,27,33)(H,28,29);1H3. The third-order valence-electron chi connectivity index (χ3n) is 5.00. The molecule has 2 aromatic carbocycles. The number of carbonyl (C=O) groups is 2. The second-order valence-electron chi connectivity index (χ2n) is 7.56. The number of nitrogens with two attached hydrogens (primary N) is 1. The molecule has 0 spiro atoms. The zero-order valence-corrected chi connectivity index (χ0v) is 19.7. The minimum absolute atomic E-state index is 0.164. The lowest BCUT2D eigenvalue weighted by atomic mass is 10.1. The van der Waals surface area contributed by atoms with Crippen molar-refractivity contribution in [3.8, 4) is 23.6 Å². The van der Waals surface area contributed by atoms with Crippen LogP contribution in [0.4, 0.5) is 0 Å². The molecule has 4 rings (SSSR count). The third kappa shape index (κ3) is 7.17. The van der Waals surface area contributed by atoms with Crippen LogP contribution in [-0.2, 0) is 6.42 Å². The van der Waals surface area contributed by atoms with Crippen LogP contribution < -0.4 is 11.1 Å². The molecule has 36 heavy (non-hydrogen) atoms. The number of aromatic nitrogens is 4. The molecule has 0 saturated heterocycles. The Balaban J connectivity index is 0.00000115. The van der Waals surface area contributed by atoms with Gasteiger partial charge in [-0.15, -0.1) is 0 Å². The maximum atomic E-state index is 12.7. The molecule has 0 aliphatic rings.